The number of esters is 1. The van der Waals surface area contributed by atoms with Gasteiger partial charge in [0, 0.05) is 18.3 Å². The lowest BCUT2D eigenvalue weighted by Crippen LogP contribution is -2.45. The maximum atomic E-state index is 13.1. The molecule has 1 N–H and O–H groups in total. The van der Waals surface area contributed by atoms with Crippen molar-refractivity contribution in [3.05, 3.63) is 23.8 Å². The number of aliphatic hydroxyl groups is 1. The van der Waals surface area contributed by atoms with Crippen molar-refractivity contribution in [2.45, 2.75) is 78.4 Å². The first-order chi connectivity index (χ1) is 12.5. The third kappa shape index (κ3) is 4.40. The molecule has 0 amide bonds. The Balaban J connectivity index is 2.43. The van der Waals surface area contributed by atoms with E-state index >= 15 is 0 Å². The van der Waals surface area contributed by atoms with Crippen LogP contribution in [0, 0.1) is 17.3 Å². The number of allylic oxidation sites excluding steroid dienone is 2. The van der Waals surface area contributed by atoms with Crippen LogP contribution < -0.4 is 0 Å². The van der Waals surface area contributed by atoms with Gasteiger partial charge in [-0.05, 0) is 37.7 Å². The predicted molar refractivity (Wildman–Crippen MR) is 103 cm³/mol. The number of ketones is 2. The molecule has 1 saturated carbocycles. The van der Waals surface area contributed by atoms with E-state index in [9.17, 15) is 19.5 Å². The number of carbonyl (C=O) groups excluding carboxylic acids is 3. The molecule has 0 aromatic heterocycles. The molecule has 0 spiro atoms. The molecule has 0 aliphatic heterocycles. The van der Waals surface area contributed by atoms with E-state index in [0.717, 1.165) is 0 Å². The van der Waals surface area contributed by atoms with Gasteiger partial charge in [-0.25, -0.2) is 0 Å². The Hall–Kier alpha value is -1.75. The Morgan fingerprint density at radius 3 is 2.63 bits per heavy atom. The quantitative estimate of drug-likeness (QED) is 0.589. The number of carbonyl (C=O) groups is 3. The maximum absolute atomic E-state index is 13.1. The van der Waals surface area contributed by atoms with Crippen LogP contribution in [0.15, 0.2) is 23.8 Å². The van der Waals surface area contributed by atoms with Crippen LogP contribution in [0.4, 0.5) is 0 Å². The highest BCUT2D eigenvalue weighted by Gasteiger charge is 2.56. The average Bonchev–Trinajstić information content (AvgIpc) is 2.85. The number of rotatable bonds is 2. The number of ether oxygens (including phenoxy) is 1. The van der Waals surface area contributed by atoms with E-state index in [1.54, 1.807) is 26.0 Å². The molecule has 1 fully saturated rings. The minimum Gasteiger partial charge on any atom is -0.461 e. The second kappa shape index (κ2) is 8.09. The first-order valence-corrected chi connectivity index (χ1v) is 9.86. The van der Waals surface area contributed by atoms with Crippen LogP contribution in [0.3, 0.4) is 0 Å². The summed E-state index contributed by atoms with van der Waals surface area (Å²) in [7, 11) is 0. The van der Waals surface area contributed by atoms with Crippen molar-refractivity contribution in [1.29, 1.82) is 0 Å². The van der Waals surface area contributed by atoms with E-state index in [1.165, 1.54) is 0 Å². The highest BCUT2D eigenvalue weighted by Crippen LogP contribution is 2.45. The topological polar surface area (TPSA) is 80.7 Å². The molecule has 0 unspecified atom stereocenters. The van der Waals surface area contributed by atoms with E-state index in [4.69, 9.17) is 4.74 Å². The number of fused-ring (bicyclic) bond motifs is 1. The zero-order valence-corrected chi connectivity index (χ0v) is 17.1. The van der Waals surface area contributed by atoms with Gasteiger partial charge in [0.05, 0.1) is 5.92 Å². The van der Waals surface area contributed by atoms with E-state index in [-0.39, 0.29) is 36.3 Å². The molecule has 2 aliphatic carbocycles. The van der Waals surface area contributed by atoms with Gasteiger partial charge in [-0.3, -0.25) is 14.4 Å². The second-order valence-electron chi connectivity index (χ2n) is 8.63. The van der Waals surface area contributed by atoms with Gasteiger partial charge < -0.3 is 9.84 Å². The standard InChI is InChI=1S/C22H32O5/c1-6-18(24)27-19-15(3)13-22(26)16(19)9-7-8-10-17(23)21(4,5)12-11-14(2)20(22)25/h7,9,11,15-16,19,26H,6,8,10,12-13H2,1-5H3/b9-7+,14-11+/t15-,16-,19-,22+/m0/s1. The van der Waals surface area contributed by atoms with Crippen molar-refractivity contribution in [3.8, 4) is 0 Å². The van der Waals surface area contributed by atoms with Crippen LogP contribution in [-0.2, 0) is 19.1 Å². The van der Waals surface area contributed by atoms with Crippen molar-refractivity contribution >= 4 is 17.5 Å². The lowest BCUT2D eigenvalue weighted by atomic mass is 9.78. The number of Topliss-reactive ketones (excluding diaryl/α,β-unsaturated/α-hetero) is 2. The summed E-state index contributed by atoms with van der Waals surface area (Å²) in [4.78, 5) is 37.5. The van der Waals surface area contributed by atoms with Gasteiger partial charge in [0.15, 0.2) is 5.78 Å². The van der Waals surface area contributed by atoms with E-state index in [0.29, 0.717) is 24.8 Å². The summed E-state index contributed by atoms with van der Waals surface area (Å²) in [6, 6.07) is 0. The van der Waals surface area contributed by atoms with Crippen LogP contribution in [0.1, 0.15) is 66.7 Å². The van der Waals surface area contributed by atoms with Crippen molar-refractivity contribution < 1.29 is 24.2 Å². The Morgan fingerprint density at radius 2 is 2.00 bits per heavy atom. The summed E-state index contributed by atoms with van der Waals surface area (Å²) in [5, 5.41) is 11.3. The first-order valence-electron chi connectivity index (χ1n) is 9.86. The Kier molecular flexibility index (Phi) is 6.46. The predicted octanol–water partition coefficient (Wildman–Crippen LogP) is 3.55. The Bertz CT molecular complexity index is 672. The zero-order valence-electron chi connectivity index (χ0n) is 17.1. The molecule has 4 atom stereocenters. The average molecular weight is 376 g/mol. The lowest BCUT2D eigenvalue weighted by molar-refractivity contribution is -0.154. The molecule has 150 valence electrons. The third-order valence-corrected chi connectivity index (χ3v) is 5.96. The molecule has 27 heavy (non-hydrogen) atoms. The minimum atomic E-state index is -1.59. The molecule has 0 saturated heterocycles. The molecule has 0 aromatic rings. The summed E-state index contributed by atoms with van der Waals surface area (Å²) in [6.45, 7) is 9.06. The highest BCUT2D eigenvalue weighted by atomic mass is 16.5. The first kappa shape index (κ1) is 21.5. The van der Waals surface area contributed by atoms with Gasteiger partial charge >= 0.3 is 5.97 Å². The van der Waals surface area contributed by atoms with Gasteiger partial charge in [-0.1, -0.05) is 45.9 Å². The summed E-state index contributed by atoms with van der Waals surface area (Å²) in [5.41, 5.74) is -1.69. The summed E-state index contributed by atoms with van der Waals surface area (Å²) < 4.78 is 5.58. The van der Waals surface area contributed by atoms with Crippen LogP contribution >= 0.6 is 0 Å². The summed E-state index contributed by atoms with van der Waals surface area (Å²) in [5.74, 6) is -1.29. The molecule has 2 rings (SSSR count). The highest BCUT2D eigenvalue weighted by molar-refractivity contribution is 6.02. The Labute approximate surface area is 161 Å². The second-order valence-corrected chi connectivity index (χ2v) is 8.63. The Morgan fingerprint density at radius 1 is 1.33 bits per heavy atom. The van der Waals surface area contributed by atoms with Crippen molar-refractivity contribution in [2.24, 2.45) is 17.3 Å². The molecule has 5 heteroatoms. The molecule has 2 aliphatic rings. The van der Waals surface area contributed by atoms with E-state index in [2.05, 4.69) is 0 Å². The maximum Gasteiger partial charge on any atom is 0.305 e. The SMILES string of the molecule is CCC(=O)O[C@H]1[C@@H](C)C[C@]2(O)C(=O)/C(C)=C/CC(C)(C)C(=O)CC/C=C/[C@@H]12. The molecular formula is C22H32O5. The summed E-state index contributed by atoms with van der Waals surface area (Å²) >= 11 is 0. The van der Waals surface area contributed by atoms with Crippen molar-refractivity contribution in [2.75, 3.05) is 0 Å². The fraction of sp³-hybridized carbons (Fsp3) is 0.682. The van der Waals surface area contributed by atoms with Crippen molar-refractivity contribution in [1.82, 2.24) is 0 Å². The van der Waals surface area contributed by atoms with Gasteiger partial charge in [0.2, 0.25) is 0 Å². The van der Waals surface area contributed by atoms with Crippen LogP contribution in [0.2, 0.25) is 0 Å². The van der Waals surface area contributed by atoms with Crippen LogP contribution in [0.25, 0.3) is 0 Å². The zero-order chi connectivity index (χ0) is 20.4. The van der Waals surface area contributed by atoms with E-state index < -0.39 is 23.0 Å². The molecule has 5 nitrogen and oxygen atoms in total. The molecule has 0 bridgehead atoms. The fourth-order valence-electron chi connectivity index (χ4n) is 4.06. The smallest absolute Gasteiger partial charge is 0.305 e. The monoisotopic (exact) mass is 376 g/mol. The normalized spacial score (nSPS) is 37.4. The summed E-state index contributed by atoms with van der Waals surface area (Å²) in [6.07, 6.45) is 6.70. The molecule has 0 heterocycles. The lowest BCUT2D eigenvalue weighted by Gasteiger charge is -2.30. The molecular weight excluding hydrogens is 344 g/mol. The van der Waals surface area contributed by atoms with Gasteiger partial charge in [0.1, 0.15) is 17.5 Å². The minimum absolute atomic E-state index is 0.139. The number of hydrogen-bond acceptors (Lipinski definition) is 5. The van der Waals surface area contributed by atoms with Crippen molar-refractivity contribution in [3.63, 3.8) is 0 Å². The van der Waals surface area contributed by atoms with Gasteiger partial charge in [-0.15, -0.1) is 0 Å². The third-order valence-electron chi connectivity index (χ3n) is 5.96. The van der Waals surface area contributed by atoms with Crippen LogP contribution in [-0.4, -0.2) is 34.3 Å². The molecule has 0 radical (unpaired) electrons. The van der Waals surface area contributed by atoms with E-state index in [1.807, 2.05) is 26.8 Å². The largest absolute Gasteiger partial charge is 0.461 e. The fourth-order valence-corrected chi connectivity index (χ4v) is 4.06. The molecule has 0 aromatic carbocycles. The van der Waals surface area contributed by atoms with Gasteiger partial charge in [-0.2, -0.15) is 0 Å². The van der Waals surface area contributed by atoms with Gasteiger partial charge in [0.25, 0.3) is 0 Å². The van der Waals surface area contributed by atoms with Crippen LogP contribution in [0.5, 0.6) is 0 Å². The number of hydrogen-bond donors (Lipinski definition) is 1.